The molecule has 7 nitrogen and oxygen atoms in total. The van der Waals surface area contributed by atoms with E-state index in [0.29, 0.717) is 5.75 Å². The summed E-state index contributed by atoms with van der Waals surface area (Å²) in [5, 5.41) is 14.0. The van der Waals surface area contributed by atoms with Crippen molar-refractivity contribution in [1.29, 1.82) is 0 Å². The number of nitrogens with zero attached hydrogens (tertiary/aromatic N) is 1. The van der Waals surface area contributed by atoms with Gasteiger partial charge in [0.05, 0.1) is 24.1 Å². The fourth-order valence-electron chi connectivity index (χ4n) is 2.43. The molecule has 2 rings (SSSR count). The number of nitrogens with one attached hydrogen (secondary N) is 1. The second kappa shape index (κ2) is 8.33. The molecule has 1 N–H and O–H groups in total. The van der Waals surface area contributed by atoms with Crippen molar-refractivity contribution < 1.29 is 19.2 Å². The molecule has 0 spiro atoms. The molecule has 0 aromatic heterocycles. The first-order chi connectivity index (χ1) is 12.3. The van der Waals surface area contributed by atoms with E-state index >= 15 is 0 Å². The summed E-state index contributed by atoms with van der Waals surface area (Å²) in [6.07, 6.45) is 0. The first-order valence-corrected chi connectivity index (χ1v) is 8.13. The topological polar surface area (TPSA) is 90.7 Å². The Labute approximate surface area is 152 Å². The third kappa shape index (κ3) is 4.72. The number of aryl methyl sites for hydroxylation is 2. The molecule has 7 heteroatoms. The summed E-state index contributed by atoms with van der Waals surface area (Å²) in [5.41, 5.74) is 3.06. The van der Waals surface area contributed by atoms with E-state index in [1.165, 1.54) is 30.9 Å². The maximum atomic E-state index is 12.1. The summed E-state index contributed by atoms with van der Waals surface area (Å²) in [7, 11) is 1.42. The number of ether oxygens (including phenoxy) is 2. The quantitative estimate of drug-likeness (QED) is 0.604. The second-order valence-corrected chi connectivity index (χ2v) is 6.01. The van der Waals surface area contributed by atoms with Crippen LogP contribution in [0.1, 0.15) is 29.7 Å². The van der Waals surface area contributed by atoms with Gasteiger partial charge in [0.2, 0.25) is 0 Å². The molecule has 1 atom stereocenters. The molecule has 0 unspecified atom stereocenters. The van der Waals surface area contributed by atoms with E-state index in [-0.39, 0.29) is 30.0 Å². The monoisotopic (exact) mass is 358 g/mol. The minimum Gasteiger partial charge on any atom is -0.496 e. The zero-order valence-electron chi connectivity index (χ0n) is 15.2. The van der Waals surface area contributed by atoms with Crippen LogP contribution in [-0.4, -0.2) is 24.5 Å². The van der Waals surface area contributed by atoms with Gasteiger partial charge in [-0.05, 0) is 49.6 Å². The highest BCUT2D eigenvalue weighted by atomic mass is 16.6. The molecule has 138 valence electrons. The van der Waals surface area contributed by atoms with Crippen LogP contribution in [0.15, 0.2) is 36.4 Å². The van der Waals surface area contributed by atoms with Crippen molar-refractivity contribution in [3.8, 4) is 11.5 Å². The third-order valence-corrected chi connectivity index (χ3v) is 4.13. The maximum Gasteiger partial charge on any atom is 0.314 e. The first kappa shape index (κ1) is 19.2. The van der Waals surface area contributed by atoms with Crippen molar-refractivity contribution in [2.24, 2.45) is 0 Å². The average molecular weight is 358 g/mol. The Bertz CT molecular complexity index is 820. The molecule has 0 heterocycles. The van der Waals surface area contributed by atoms with Crippen molar-refractivity contribution in [2.75, 3.05) is 13.7 Å². The highest BCUT2D eigenvalue weighted by Crippen LogP contribution is 2.31. The van der Waals surface area contributed by atoms with Gasteiger partial charge in [-0.1, -0.05) is 18.2 Å². The van der Waals surface area contributed by atoms with Gasteiger partial charge >= 0.3 is 5.69 Å². The Morgan fingerprint density at radius 1 is 1.19 bits per heavy atom. The van der Waals surface area contributed by atoms with Crippen LogP contribution in [0.25, 0.3) is 0 Å². The zero-order chi connectivity index (χ0) is 19.3. The lowest BCUT2D eigenvalue weighted by atomic mass is 10.0. The summed E-state index contributed by atoms with van der Waals surface area (Å²) in [6, 6.07) is 10.00. The largest absolute Gasteiger partial charge is 0.496 e. The Morgan fingerprint density at radius 2 is 1.92 bits per heavy atom. The molecule has 0 saturated carbocycles. The van der Waals surface area contributed by atoms with Gasteiger partial charge in [0, 0.05) is 0 Å². The Balaban J connectivity index is 2.00. The summed E-state index contributed by atoms with van der Waals surface area (Å²) in [4.78, 5) is 22.7. The van der Waals surface area contributed by atoms with Crippen LogP contribution in [0.4, 0.5) is 5.69 Å². The smallest absolute Gasteiger partial charge is 0.314 e. The van der Waals surface area contributed by atoms with Gasteiger partial charge in [0.25, 0.3) is 5.91 Å². The Kier molecular flexibility index (Phi) is 6.16. The Morgan fingerprint density at radius 3 is 2.54 bits per heavy atom. The standard InChI is InChI=1S/C19H22N2O5/c1-12-5-6-15(9-13(12)2)14(3)20-19(22)11-26-18-8-7-16(25-4)10-17(18)21(23)24/h5-10,14H,11H2,1-4H3,(H,20,22)/t14-/m1/s1. The van der Waals surface area contributed by atoms with E-state index in [1.807, 2.05) is 39.0 Å². The van der Waals surface area contributed by atoms with Crippen LogP contribution in [0.3, 0.4) is 0 Å². The lowest BCUT2D eigenvalue weighted by Gasteiger charge is -2.16. The van der Waals surface area contributed by atoms with Gasteiger partial charge in [0.15, 0.2) is 12.4 Å². The summed E-state index contributed by atoms with van der Waals surface area (Å²) in [5.74, 6) is 0.00231. The number of benzene rings is 2. The summed E-state index contributed by atoms with van der Waals surface area (Å²) in [6.45, 7) is 5.59. The van der Waals surface area contributed by atoms with Gasteiger partial charge in [0.1, 0.15) is 5.75 Å². The van der Waals surface area contributed by atoms with Crippen molar-refractivity contribution >= 4 is 11.6 Å². The van der Waals surface area contributed by atoms with Crippen LogP contribution < -0.4 is 14.8 Å². The van der Waals surface area contributed by atoms with E-state index in [4.69, 9.17) is 9.47 Å². The van der Waals surface area contributed by atoms with Gasteiger partial charge in [-0.25, -0.2) is 0 Å². The predicted octanol–water partition coefficient (Wildman–Crippen LogP) is 3.48. The highest BCUT2D eigenvalue weighted by Gasteiger charge is 2.18. The number of carbonyl (C=O) groups excluding carboxylic acids is 1. The molecule has 0 radical (unpaired) electrons. The van der Waals surface area contributed by atoms with Crippen molar-refractivity contribution in [2.45, 2.75) is 26.8 Å². The summed E-state index contributed by atoms with van der Waals surface area (Å²) >= 11 is 0. The van der Waals surface area contributed by atoms with E-state index in [9.17, 15) is 14.9 Å². The molecule has 0 aliphatic rings. The number of hydrogen-bond acceptors (Lipinski definition) is 5. The lowest BCUT2D eigenvalue weighted by molar-refractivity contribution is -0.385. The second-order valence-electron chi connectivity index (χ2n) is 6.01. The van der Waals surface area contributed by atoms with Gasteiger partial charge < -0.3 is 14.8 Å². The van der Waals surface area contributed by atoms with Gasteiger partial charge in [-0.2, -0.15) is 0 Å². The number of nitro benzene ring substituents is 1. The molecular formula is C19H22N2O5. The minimum absolute atomic E-state index is 0.0183. The lowest BCUT2D eigenvalue weighted by Crippen LogP contribution is -2.31. The van der Waals surface area contributed by atoms with E-state index in [0.717, 1.165) is 11.1 Å². The SMILES string of the molecule is COc1ccc(OCC(=O)N[C@H](C)c2ccc(C)c(C)c2)c([N+](=O)[O-])c1. The first-order valence-electron chi connectivity index (χ1n) is 8.13. The van der Waals surface area contributed by atoms with Crippen LogP contribution in [0, 0.1) is 24.0 Å². The number of nitro groups is 1. The number of carbonyl (C=O) groups is 1. The average Bonchev–Trinajstić information content (AvgIpc) is 2.61. The molecule has 2 aromatic carbocycles. The van der Waals surface area contributed by atoms with Crippen LogP contribution >= 0.6 is 0 Å². The fraction of sp³-hybridized carbons (Fsp3) is 0.316. The van der Waals surface area contributed by atoms with Crippen LogP contribution in [0.5, 0.6) is 11.5 Å². The van der Waals surface area contributed by atoms with Gasteiger partial charge in [-0.3, -0.25) is 14.9 Å². The van der Waals surface area contributed by atoms with E-state index in [2.05, 4.69) is 5.32 Å². The van der Waals surface area contributed by atoms with Crippen LogP contribution in [0.2, 0.25) is 0 Å². The van der Waals surface area contributed by atoms with E-state index < -0.39 is 4.92 Å². The molecule has 0 bridgehead atoms. The zero-order valence-corrected chi connectivity index (χ0v) is 15.2. The summed E-state index contributed by atoms with van der Waals surface area (Å²) < 4.78 is 10.3. The Hall–Kier alpha value is -3.09. The van der Waals surface area contributed by atoms with Crippen molar-refractivity contribution in [1.82, 2.24) is 5.32 Å². The highest BCUT2D eigenvalue weighted by molar-refractivity contribution is 5.78. The molecule has 0 aliphatic carbocycles. The number of methoxy groups -OCH3 is 1. The molecule has 0 aliphatic heterocycles. The minimum atomic E-state index is -0.576. The predicted molar refractivity (Wildman–Crippen MR) is 97.6 cm³/mol. The molecule has 0 fully saturated rings. The molecule has 0 saturated heterocycles. The van der Waals surface area contributed by atoms with Gasteiger partial charge in [-0.15, -0.1) is 0 Å². The molecular weight excluding hydrogens is 336 g/mol. The fourth-order valence-corrected chi connectivity index (χ4v) is 2.43. The number of hydrogen-bond donors (Lipinski definition) is 1. The molecule has 26 heavy (non-hydrogen) atoms. The van der Waals surface area contributed by atoms with Crippen molar-refractivity contribution in [3.05, 3.63) is 63.2 Å². The maximum absolute atomic E-state index is 12.1. The van der Waals surface area contributed by atoms with Crippen LogP contribution in [-0.2, 0) is 4.79 Å². The normalized spacial score (nSPS) is 11.5. The molecule has 2 aromatic rings. The van der Waals surface area contributed by atoms with Crippen molar-refractivity contribution in [3.63, 3.8) is 0 Å². The van der Waals surface area contributed by atoms with E-state index in [1.54, 1.807) is 0 Å². The number of rotatable bonds is 7. The number of amides is 1. The molecule has 1 amide bonds. The third-order valence-electron chi connectivity index (χ3n) is 4.13.